The van der Waals surface area contributed by atoms with Crippen molar-refractivity contribution < 1.29 is 4.42 Å². The lowest BCUT2D eigenvalue weighted by molar-refractivity contribution is 0.669. The minimum absolute atomic E-state index is 0.879. The maximum absolute atomic E-state index is 6.27. The number of benzene rings is 5. The van der Waals surface area contributed by atoms with Crippen molar-refractivity contribution in [2.24, 2.45) is 0 Å². The summed E-state index contributed by atoms with van der Waals surface area (Å²) < 4.78 is 8.55. The molecule has 0 aliphatic rings. The van der Waals surface area contributed by atoms with Crippen molar-refractivity contribution in [1.29, 1.82) is 0 Å². The summed E-state index contributed by atoms with van der Waals surface area (Å²) in [6.07, 6.45) is 0. The van der Waals surface area contributed by atoms with Gasteiger partial charge in [-0.2, -0.15) is 0 Å². The summed E-state index contributed by atoms with van der Waals surface area (Å²) in [6.45, 7) is 0. The largest absolute Gasteiger partial charge is 0.456 e. The van der Waals surface area contributed by atoms with Crippen LogP contribution in [0.25, 0.3) is 82.5 Å². The smallest absolute Gasteiger partial charge is 0.165 e. The van der Waals surface area contributed by atoms with E-state index in [1.54, 1.807) is 0 Å². The van der Waals surface area contributed by atoms with E-state index in [2.05, 4.69) is 71.1 Å². The normalized spacial score (nSPS) is 12.4. The number of fused-ring (bicyclic) bond motifs is 10. The fourth-order valence-electron chi connectivity index (χ4n) is 5.89. The molecule has 4 heterocycles. The number of aromatic nitrogens is 3. The highest BCUT2D eigenvalue weighted by atomic mass is 16.3. The molecule has 9 rings (SSSR count). The predicted octanol–water partition coefficient (Wildman–Crippen LogP) is 8.35. The zero-order chi connectivity index (χ0) is 23.4. The van der Waals surface area contributed by atoms with Crippen LogP contribution in [0.3, 0.4) is 0 Å². The lowest BCUT2D eigenvalue weighted by Crippen LogP contribution is -1.88. The summed E-state index contributed by atoms with van der Waals surface area (Å²) >= 11 is 0. The maximum atomic E-state index is 6.27. The third-order valence-corrected chi connectivity index (χ3v) is 7.49. The molecule has 0 saturated carbocycles. The molecule has 0 spiro atoms. The Morgan fingerprint density at radius 3 is 2.17 bits per heavy atom. The van der Waals surface area contributed by atoms with Gasteiger partial charge in [0.25, 0.3) is 0 Å². The van der Waals surface area contributed by atoms with E-state index in [1.807, 2.05) is 36.4 Å². The zero-order valence-electron chi connectivity index (χ0n) is 19.1. The number of para-hydroxylation sites is 3. The van der Waals surface area contributed by atoms with Gasteiger partial charge in [0.15, 0.2) is 5.65 Å². The van der Waals surface area contributed by atoms with E-state index < -0.39 is 0 Å². The van der Waals surface area contributed by atoms with Gasteiger partial charge in [-0.05, 0) is 47.5 Å². The van der Waals surface area contributed by atoms with E-state index in [0.29, 0.717) is 0 Å². The van der Waals surface area contributed by atoms with Crippen molar-refractivity contribution in [2.45, 2.75) is 0 Å². The van der Waals surface area contributed by atoms with Gasteiger partial charge in [0.2, 0.25) is 0 Å². The Morgan fingerprint density at radius 2 is 1.28 bits per heavy atom. The molecule has 0 bridgehead atoms. The lowest BCUT2D eigenvalue weighted by Gasteiger charge is -2.04. The van der Waals surface area contributed by atoms with Crippen LogP contribution in [-0.2, 0) is 0 Å². The summed E-state index contributed by atoms with van der Waals surface area (Å²) in [5.74, 6) is 0. The Kier molecular flexibility index (Phi) is 3.25. The summed E-state index contributed by atoms with van der Waals surface area (Å²) in [5.41, 5.74) is 10.0. The second-order valence-corrected chi connectivity index (χ2v) is 9.47. The van der Waals surface area contributed by atoms with E-state index in [9.17, 15) is 0 Å². The topological polar surface area (TPSA) is 43.3 Å². The van der Waals surface area contributed by atoms with Crippen LogP contribution in [0.5, 0.6) is 0 Å². The van der Waals surface area contributed by atoms with Gasteiger partial charge >= 0.3 is 0 Å². The van der Waals surface area contributed by atoms with Crippen molar-refractivity contribution >= 4 is 71.3 Å². The van der Waals surface area contributed by atoms with Crippen LogP contribution in [0.1, 0.15) is 0 Å². The molecule has 166 valence electrons. The molecule has 0 aliphatic carbocycles. The number of nitrogens with zero attached hydrogens (tertiary/aromatic N) is 3. The van der Waals surface area contributed by atoms with Crippen LogP contribution >= 0.6 is 0 Å². The quantitative estimate of drug-likeness (QED) is 0.248. The molecule has 0 radical (unpaired) electrons. The third kappa shape index (κ3) is 2.24. The average molecular weight is 460 g/mol. The summed E-state index contributed by atoms with van der Waals surface area (Å²) in [5, 5.41) is 5.80. The minimum atomic E-state index is 0.879. The zero-order valence-corrected chi connectivity index (χ0v) is 19.1. The number of hydrogen-bond donors (Lipinski definition) is 0. The second-order valence-electron chi connectivity index (χ2n) is 9.47. The fourth-order valence-corrected chi connectivity index (χ4v) is 5.89. The van der Waals surface area contributed by atoms with E-state index in [4.69, 9.17) is 14.4 Å². The highest BCUT2D eigenvalue weighted by Gasteiger charge is 2.22. The van der Waals surface area contributed by atoms with Gasteiger partial charge in [-0.1, -0.05) is 60.7 Å². The molecule has 0 fully saturated rings. The Bertz CT molecular complexity index is 2310. The molecule has 0 N–H and O–H groups in total. The first kappa shape index (κ1) is 18.4. The van der Waals surface area contributed by atoms with E-state index in [1.165, 1.54) is 21.9 Å². The van der Waals surface area contributed by atoms with Crippen LogP contribution in [0.4, 0.5) is 0 Å². The maximum Gasteiger partial charge on any atom is 0.165 e. The molecule has 4 aromatic heterocycles. The molecule has 0 saturated heterocycles. The van der Waals surface area contributed by atoms with Crippen LogP contribution in [-0.4, -0.2) is 14.4 Å². The molecule has 0 atom stereocenters. The predicted molar refractivity (Wildman–Crippen MR) is 147 cm³/mol. The SMILES string of the molecule is c1ccc(-c2cc3c4cc5c(cc4n4c6nc7ccccc7nc6c(c2)c34)oc2ccccc25)cc1. The summed E-state index contributed by atoms with van der Waals surface area (Å²) in [6, 6.07) is 35.9. The monoisotopic (exact) mass is 459 g/mol. The Balaban J connectivity index is 1.55. The standard InChI is InChI=1S/C32H17N3O/c1-2-8-18(9-3-1)19-14-23-21-16-22-20-10-4-7-13-28(20)36-29(22)17-27(21)35-31(23)24(15-19)30-32(35)34-26-12-6-5-11-25(26)33-30/h1-17H. The van der Waals surface area contributed by atoms with Crippen molar-refractivity contribution in [1.82, 2.24) is 14.4 Å². The van der Waals surface area contributed by atoms with Crippen molar-refractivity contribution in [2.75, 3.05) is 0 Å². The summed E-state index contributed by atoms with van der Waals surface area (Å²) in [4.78, 5) is 10.2. The molecular formula is C32H17N3O. The molecular weight excluding hydrogens is 442 g/mol. The van der Waals surface area contributed by atoms with Gasteiger partial charge in [0.05, 0.1) is 22.1 Å². The second kappa shape index (κ2) is 6.37. The van der Waals surface area contributed by atoms with Crippen LogP contribution in [0.15, 0.2) is 108 Å². The molecule has 0 amide bonds. The highest BCUT2D eigenvalue weighted by molar-refractivity contribution is 6.26. The Hall–Kier alpha value is -4.96. The average Bonchev–Trinajstić information content (AvgIpc) is 3.56. The van der Waals surface area contributed by atoms with E-state index in [-0.39, 0.29) is 0 Å². The Labute approximate surface area is 204 Å². The minimum Gasteiger partial charge on any atom is -0.456 e. The van der Waals surface area contributed by atoms with Gasteiger partial charge in [-0.25, -0.2) is 9.97 Å². The fraction of sp³-hybridized carbons (Fsp3) is 0. The van der Waals surface area contributed by atoms with Crippen molar-refractivity contribution in [3.8, 4) is 11.1 Å². The first-order valence-corrected chi connectivity index (χ1v) is 12.1. The molecule has 36 heavy (non-hydrogen) atoms. The molecule has 4 heteroatoms. The number of rotatable bonds is 1. The first-order chi connectivity index (χ1) is 17.8. The molecule has 4 nitrogen and oxygen atoms in total. The molecule has 5 aromatic carbocycles. The van der Waals surface area contributed by atoms with Crippen molar-refractivity contribution in [3.05, 3.63) is 103 Å². The van der Waals surface area contributed by atoms with Crippen LogP contribution in [0.2, 0.25) is 0 Å². The van der Waals surface area contributed by atoms with Gasteiger partial charge in [-0.3, -0.25) is 4.40 Å². The van der Waals surface area contributed by atoms with Gasteiger partial charge in [-0.15, -0.1) is 0 Å². The molecule has 9 aromatic rings. The van der Waals surface area contributed by atoms with E-state index >= 15 is 0 Å². The highest BCUT2D eigenvalue weighted by Crippen LogP contribution is 2.43. The van der Waals surface area contributed by atoms with Gasteiger partial charge in [0, 0.05) is 33.0 Å². The number of furan rings is 1. The van der Waals surface area contributed by atoms with Crippen LogP contribution in [0, 0.1) is 0 Å². The number of hydrogen-bond acceptors (Lipinski definition) is 3. The van der Waals surface area contributed by atoms with E-state index in [0.717, 1.165) is 60.6 Å². The van der Waals surface area contributed by atoms with Crippen LogP contribution < -0.4 is 0 Å². The third-order valence-electron chi connectivity index (χ3n) is 7.49. The Morgan fingerprint density at radius 1 is 0.528 bits per heavy atom. The molecule has 0 aliphatic heterocycles. The van der Waals surface area contributed by atoms with Gasteiger partial charge in [0.1, 0.15) is 16.7 Å². The molecule has 0 unspecified atom stereocenters. The van der Waals surface area contributed by atoms with Gasteiger partial charge < -0.3 is 4.42 Å². The first-order valence-electron chi connectivity index (χ1n) is 12.1. The summed E-state index contributed by atoms with van der Waals surface area (Å²) in [7, 11) is 0. The van der Waals surface area contributed by atoms with Crippen molar-refractivity contribution in [3.63, 3.8) is 0 Å². The lowest BCUT2D eigenvalue weighted by atomic mass is 10.00.